The number of carbonyl (C=O) groups excluding carboxylic acids is 3. The summed E-state index contributed by atoms with van der Waals surface area (Å²) in [6.45, 7) is 3.27. The van der Waals surface area contributed by atoms with Gasteiger partial charge in [-0.3, -0.25) is 24.5 Å². The maximum Gasteiger partial charge on any atom is 0.305 e. The van der Waals surface area contributed by atoms with Gasteiger partial charge in [-0.1, -0.05) is 91.0 Å². The highest BCUT2D eigenvalue weighted by molar-refractivity contribution is 5.78. The van der Waals surface area contributed by atoms with Gasteiger partial charge in [-0.2, -0.15) is 0 Å². The Morgan fingerprint density at radius 1 is 0.683 bits per heavy atom. The largest absolute Gasteiger partial charge is 0.469 e. The van der Waals surface area contributed by atoms with Crippen LogP contribution < -0.4 is 11.1 Å². The van der Waals surface area contributed by atoms with Crippen molar-refractivity contribution in [2.75, 3.05) is 34.0 Å². The zero-order valence-corrected chi connectivity index (χ0v) is 36.8. The van der Waals surface area contributed by atoms with Crippen molar-refractivity contribution in [3.63, 3.8) is 0 Å². The van der Waals surface area contributed by atoms with Gasteiger partial charge in [0.2, 0.25) is 11.9 Å². The molecule has 3 aromatic carbocycles. The number of carbonyl (C=O) groups is 3. The lowest BCUT2D eigenvalue weighted by Gasteiger charge is -2.18. The smallest absolute Gasteiger partial charge is 0.305 e. The topological polar surface area (TPSA) is 239 Å². The highest BCUT2D eigenvalue weighted by Gasteiger charge is 2.30. The van der Waals surface area contributed by atoms with Crippen LogP contribution in [0.4, 0.5) is 0 Å². The number of hydrogen-bond donors (Lipinski definition) is 5. The van der Waals surface area contributed by atoms with E-state index < -0.39 is 41.3 Å². The van der Waals surface area contributed by atoms with Gasteiger partial charge in [-0.25, -0.2) is 0 Å². The number of aliphatic hydroxyl groups is 3. The molecule has 6 atom stereocenters. The number of esters is 2. The molecule has 4 rings (SSSR count). The highest BCUT2D eigenvalue weighted by Crippen LogP contribution is 2.15. The number of nitrogens with one attached hydrogen (secondary N) is 1. The van der Waals surface area contributed by atoms with Crippen LogP contribution in [0, 0.1) is 10.1 Å². The standard InChI is InChI=1S/C16H23NO6.C16H25NO4.C15H21NO3/c1-22-16(19)10-9-14(17(20)21)15(18)8-5-11-23-12-13-6-3-2-4-7-13;1-20-16(19)10-9-14(17)15(18)8-5-11-21-12-13-6-3-2-4-7-13;17-14(13-8-9-15(18)16-13)7-4-10-19-11-12-5-2-1-3-6-12/h2-4,6-7,14-15,18H,5,8-12H2,1H3;2-4,6-7,14-15,18H,5,8-12,17H2,1H3;1-3,5-6,13-14,17H,4,7-11H2,(H,16,18). The number of amides is 1. The number of benzene rings is 3. The Labute approximate surface area is 371 Å². The molecule has 16 heteroatoms. The second-order valence-electron chi connectivity index (χ2n) is 15.2. The van der Waals surface area contributed by atoms with E-state index in [-0.39, 0.29) is 43.6 Å². The van der Waals surface area contributed by atoms with Gasteiger partial charge < -0.3 is 50.1 Å². The first-order chi connectivity index (χ1) is 30.4. The van der Waals surface area contributed by atoms with Crippen molar-refractivity contribution in [2.45, 2.75) is 133 Å². The molecular formula is C47H69N3O13. The first-order valence-electron chi connectivity index (χ1n) is 21.6. The van der Waals surface area contributed by atoms with Gasteiger partial charge >= 0.3 is 11.9 Å². The van der Waals surface area contributed by atoms with Gasteiger partial charge in [-0.05, 0) is 68.1 Å². The monoisotopic (exact) mass is 883 g/mol. The van der Waals surface area contributed by atoms with Crippen molar-refractivity contribution >= 4 is 17.8 Å². The van der Waals surface area contributed by atoms with Crippen LogP contribution in [-0.4, -0.2) is 109 Å². The Hall–Kier alpha value is -4.81. The molecule has 6 N–H and O–H groups in total. The highest BCUT2D eigenvalue weighted by atomic mass is 16.6. The summed E-state index contributed by atoms with van der Waals surface area (Å²) in [7, 11) is 2.57. The third-order valence-corrected chi connectivity index (χ3v) is 10.2. The number of methoxy groups -OCH3 is 2. The average Bonchev–Trinajstić information content (AvgIpc) is 3.75. The summed E-state index contributed by atoms with van der Waals surface area (Å²) < 4.78 is 25.6. The van der Waals surface area contributed by atoms with Gasteiger partial charge in [0.25, 0.3) is 0 Å². The first kappa shape index (κ1) is 54.3. The molecule has 1 fully saturated rings. The summed E-state index contributed by atoms with van der Waals surface area (Å²) in [5.74, 6) is -0.775. The molecule has 63 heavy (non-hydrogen) atoms. The van der Waals surface area contributed by atoms with Gasteiger partial charge in [-0.15, -0.1) is 0 Å². The number of nitrogens with two attached hydrogens (primary N) is 1. The summed E-state index contributed by atoms with van der Waals surface area (Å²) >= 11 is 0. The zero-order valence-electron chi connectivity index (χ0n) is 36.8. The van der Waals surface area contributed by atoms with E-state index >= 15 is 0 Å². The Kier molecular flexibility index (Phi) is 29.1. The quantitative estimate of drug-likeness (QED) is 0.0273. The summed E-state index contributed by atoms with van der Waals surface area (Å²) in [5, 5.41) is 43.5. The van der Waals surface area contributed by atoms with Crippen LogP contribution in [0.25, 0.3) is 0 Å². The summed E-state index contributed by atoms with van der Waals surface area (Å²) in [5.41, 5.74) is 9.17. The predicted octanol–water partition coefficient (Wildman–Crippen LogP) is 5.19. The SMILES string of the molecule is COC(=O)CCC(C(O)CCCOCc1ccccc1)[N+](=O)[O-].COC(=O)CCC(N)C(O)CCCOCc1ccccc1.O=C1CCC(C(O)CCCOCc2ccccc2)N1. The fraction of sp³-hybridized carbons (Fsp3) is 0.553. The van der Waals surface area contributed by atoms with Crippen LogP contribution in [0.5, 0.6) is 0 Å². The molecule has 1 aliphatic heterocycles. The Bertz CT molecular complexity index is 1660. The molecule has 3 aromatic rings. The third-order valence-electron chi connectivity index (χ3n) is 10.2. The Morgan fingerprint density at radius 3 is 1.49 bits per heavy atom. The van der Waals surface area contributed by atoms with E-state index in [0.29, 0.717) is 71.7 Å². The predicted molar refractivity (Wildman–Crippen MR) is 236 cm³/mol. The molecular weight excluding hydrogens is 815 g/mol. The van der Waals surface area contributed by atoms with Crippen molar-refractivity contribution in [2.24, 2.45) is 5.73 Å². The van der Waals surface area contributed by atoms with E-state index in [4.69, 9.17) is 19.9 Å². The molecule has 0 saturated carbocycles. The van der Waals surface area contributed by atoms with Crippen LogP contribution in [-0.2, 0) is 57.9 Å². The molecule has 350 valence electrons. The molecule has 1 saturated heterocycles. The van der Waals surface area contributed by atoms with Gasteiger partial charge in [0, 0.05) is 50.0 Å². The van der Waals surface area contributed by atoms with Gasteiger partial charge in [0.15, 0.2) is 0 Å². The van der Waals surface area contributed by atoms with Crippen LogP contribution in [0.1, 0.15) is 93.7 Å². The molecule has 0 aromatic heterocycles. The van der Waals surface area contributed by atoms with E-state index in [1.54, 1.807) is 0 Å². The fourth-order valence-electron chi connectivity index (χ4n) is 6.40. The summed E-state index contributed by atoms with van der Waals surface area (Å²) in [4.78, 5) is 43.5. The minimum absolute atomic E-state index is 0.0360. The van der Waals surface area contributed by atoms with Crippen molar-refractivity contribution in [3.8, 4) is 0 Å². The van der Waals surface area contributed by atoms with E-state index in [1.807, 2.05) is 91.0 Å². The zero-order chi connectivity index (χ0) is 46.1. The number of aliphatic hydroxyl groups excluding tert-OH is 3. The van der Waals surface area contributed by atoms with Gasteiger partial charge in [0.1, 0.15) is 6.10 Å². The summed E-state index contributed by atoms with van der Waals surface area (Å²) in [6.07, 6.45) is 3.19. The Morgan fingerprint density at radius 2 is 1.10 bits per heavy atom. The number of nitro groups is 1. The van der Waals surface area contributed by atoms with Crippen molar-refractivity contribution in [3.05, 3.63) is 118 Å². The van der Waals surface area contributed by atoms with Gasteiger partial charge in [0.05, 0.1) is 58.7 Å². The average molecular weight is 884 g/mol. The number of nitrogens with zero attached hydrogens (tertiary/aromatic N) is 1. The lowest BCUT2D eigenvalue weighted by molar-refractivity contribution is -0.535. The third kappa shape index (κ3) is 25.8. The normalized spacial score (nSPS) is 15.5. The molecule has 6 unspecified atom stereocenters. The van der Waals surface area contributed by atoms with Crippen LogP contribution in [0.15, 0.2) is 91.0 Å². The lowest BCUT2D eigenvalue weighted by Crippen LogP contribution is -2.36. The van der Waals surface area contributed by atoms with Crippen LogP contribution in [0.2, 0.25) is 0 Å². The molecule has 0 bridgehead atoms. The molecule has 0 spiro atoms. The van der Waals surface area contributed by atoms with Crippen LogP contribution >= 0.6 is 0 Å². The van der Waals surface area contributed by atoms with Crippen molar-refractivity contribution in [1.82, 2.24) is 5.32 Å². The molecule has 0 aliphatic carbocycles. The van der Waals surface area contributed by atoms with Crippen molar-refractivity contribution < 1.29 is 58.3 Å². The molecule has 1 amide bonds. The summed E-state index contributed by atoms with van der Waals surface area (Å²) in [6, 6.07) is 28.0. The Balaban J connectivity index is 0.000000326. The molecule has 1 aliphatic rings. The van der Waals surface area contributed by atoms with E-state index in [1.165, 1.54) is 14.2 Å². The minimum Gasteiger partial charge on any atom is -0.469 e. The molecule has 0 radical (unpaired) electrons. The van der Waals surface area contributed by atoms with E-state index in [0.717, 1.165) is 36.0 Å². The second-order valence-corrected chi connectivity index (χ2v) is 15.2. The maximum atomic E-state index is 11.0. The van der Waals surface area contributed by atoms with E-state index in [9.17, 15) is 39.8 Å². The number of rotatable bonds is 28. The fourth-order valence-corrected chi connectivity index (χ4v) is 6.40. The first-order valence-corrected chi connectivity index (χ1v) is 21.6. The second kappa shape index (κ2) is 33.7. The lowest BCUT2D eigenvalue weighted by atomic mass is 10.0. The molecule has 1 heterocycles. The van der Waals surface area contributed by atoms with E-state index in [2.05, 4.69) is 14.8 Å². The number of ether oxygens (including phenoxy) is 5. The minimum atomic E-state index is -1.16. The van der Waals surface area contributed by atoms with Crippen LogP contribution in [0.3, 0.4) is 0 Å². The maximum absolute atomic E-state index is 11.0. The molecule has 16 nitrogen and oxygen atoms in total. The van der Waals surface area contributed by atoms with Crippen molar-refractivity contribution in [1.29, 1.82) is 0 Å². The number of hydrogen-bond acceptors (Lipinski definition) is 14.